The molecule has 0 spiro atoms. The van der Waals surface area contributed by atoms with Crippen molar-refractivity contribution in [2.45, 2.75) is 19.4 Å². The zero-order valence-corrected chi connectivity index (χ0v) is 12.6. The molecular weight excluding hydrogens is 311 g/mol. The summed E-state index contributed by atoms with van der Waals surface area (Å²) in [5.41, 5.74) is 0.159. The third kappa shape index (κ3) is 2.89. The first-order chi connectivity index (χ1) is 10.5. The van der Waals surface area contributed by atoms with Gasteiger partial charge in [-0.05, 0) is 31.5 Å². The van der Waals surface area contributed by atoms with Gasteiger partial charge in [0.1, 0.15) is 11.9 Å². The van der Waals surface area contributed by atoms with E-state index in [1.807, 2.05) is 0 Å². The van der Waals surface area contributed by atoms with Crippen LogP contribution in [0.5, 0.6) is 0 Å². The van der Waals surface area contributed by atoms with Crippen molar-refractivity contribution in [3.63, 3.8) is 0 Å². The number of carbonyl (C=O) groups excluding carboxylic acids is 1. The zero-order valence-electron chi connectivity index (χ0n) is 11.8. The van der Waals surface area contributed by atoms with Gasteiger partial charge >= 0.3 is 6.01 Å². The highest BCUT2D eigenvalue weighted by atomic mass is 35.5. The fraction of sp³-hybridized carbons (Fsp3) is 0.357. The summed E-state index contributed by atoms with van der Waals surface area (Å²) < 4.78 is 19.2. The normalized spacial score (nSPS) is 15.3. The number of amides is 1. The summed E-state index contributed by atoms with van der Waals surface area (Å²) in [6, 6.07) is 3.76. The number of nitrogens with zero attached hydrogens (tertiary/aromatic N) is 3. The number of nitrogens with one attached hydrogen (secondary N) is 1. The van der Waals surface area contributed by atoms with Crippen molar-refractivity contribution in [3.05, 3.63) is 29.0 Å². The van der Waals surface area contributed by atoms with Crippen LogP contribution >= 0.6 is 11.6 Å². The topological polar surface area (TPSA) is 71.3 Å². The Bertz CT molecular complexity index is 702. The fourth-order valence-electron chi connectivity index (χ4n) is 2.11. The molecule has 1 atom stereocenters. The maximum Gasteiger partial charge on any atom is 0.316 e. The van der Waals surface area contributed by atoms with Crippen LogP contribution in [0, 0.1) is 5.82 Å². The molecule has 3 rings (SSSR count). The molecule has 0 unspecified atom stereocenters. The number of likely N-dealkylation sites (tertiary alicyclic amines) is 1. The lowest BCUT2D eigenvalue weighted by Gasteiger charge is -2.33. The van der Waals surface area contributed by atoms with E-state index < -0.39 is 11.9 Å². The number of hydrogen-bond acceptors (Lipinski definition) is 5. The lowest BCUT2D eigenvalue weighted by molar-refractivity contribution is -0.135. The van der Waals surface area contributed by atoms with E-state index in [4.69, 9.17) is 16.0 Å². The molecule has 0 saturated carbocycles. The molecule has 6 nitrogen and oxygen atoms in total. The number of aromatic nitrogens is 2. The molecule has 0 bridgehead atoms. The second-order valence-electron chi connectivity index (χ2n) is 5.08. The van der Waals surface area contributed by atoms with Gasteiger partial charge in [-0.25, -0.2) is 4.39 Å². The lowest BCUT2D eigenvalue weighted by Crippen LogP contribution is -2.48. The predicted octanol–water partition coefficient (Wildman–Crippen LogP) is 2.56. The van der Waals surface area contributed by atoms with Gasteiger partial charge in [0.05, 0.1) is 5.56 Å². The number of hydrogen-bond donors (Lipinski definition) is 1. The summed E-state index contributed by atoms with van der Waals surface area (Å²) in [4.78, 5) is 13.7. The van der Waals surface area contributed by atoms with E-state index in [1.165, 1.54) is 18.2 Å². The predicted molar refractivity (Wildman–Crippen MR) is 79.0 cm³/mol. The third-order valence-electron chi connectivity index (χ3n) is 3.46. The van der Waals surface area contributed by atoms with Crippen molar-refractivity contribution >= 4 is 23.5 Å². The van der Waals surface area contributed by atoms with Crippen molar-refractivity contribution < 1.29 is 13.6 Å². The minimum atomic E-state index is -0.549. The number of anilines is 1. The van der Waals surface area contributed by atoms with E-state index >= 15 is 0 Å². The minimum absolute atomic E-state index is 0.0244. The molecule has 1 aromatic carbocycles. The van der Waals surface area contributed by atoms with E-state index in [0.29, 0.717) is 0 Å². The molecule has 0 radical (unpaired) electrons. The monoisotopic (exact) mass is 324 g/mol. The van der Waals surface area contributed by atoms with Crippen molar-refractivity contribution in [1.29, 1.82) is 0 Å². The Balaban J connectivity index is 1.72. The van der Waals surface area contributed by atoms with Crippen LogP contribution in [0.15, 0.2) is 22.6 Å². The zero-order chi connectivity index (χ0) is 15.7. The third-order valence-corrected chi connectivity index (χ3v) is 3.70. The van der Waals surface area contributed by atoms with Crippen molar-refractivity contribution in [3.8, 4) is 11.5 Å². The molecule has 1 aliphatic rings. The van der Waals surface area contributed by atoms with Crippen molar-refractivity contribution in [2.75, 3.05) is 18.4 Å². The van der Waals surface area contributed by atoms with Crippen LogP contribution in [0.2, 0.25) is 5.02 Å². The maximum absolute atomic E-state index is 13.8. The van der Waals surface area contributed by atoms with E-state index in [1.54, 1.807) is 11.8 Å². The summed E-state index contributed by atoms with van der Waals surface area (Å²) in [7, 11) is 0. The summed E-state index contributed by atoms with van der Waals surface area (Å²) in [6.07, 6.45) is 1.03. The molecule has 1 aliphatic heterocycles. The molecule has 22 heavy (non-hydrogen) atoms. The lowest BCUT2D eigenvalue weighted by atomic mass is 10.2. The Morgan fingerprint density at radius 3 is 2.86 bits per heavy atom. The average Bonchev–Trinajstić information content (AvgIpc) is 2.84. The van der Waals surface area contributed by atoms with E-state index in [0.717, 1.165) is 19.5 Å². The molecule has 1 amide bonds. The Labute approximate surface area is 131 Å². The minimum Gasteiger partial charge on any atom is -0.403 e. The van der Waals surface area contributed by atoms with Gasteiger partial charge in [-0.3, -0.25) is 4.79 Å². The number of benzene rings is 1. The molecule has 1 saturated heterocycles. The van der Waals surface area contributed by atoms with Crippen LogP contribution in [-0.4, -0.2) is 40.1 Å². The summed E-state index contributed by atoms with van der Waals surface area (Å²) >= 11 is 5.70. The van der Waals surface area contributed by atoms with Crippen molar-refractivity contribution in [2.24, 2.45) is 0 Å². The van der Waals surface area contributed by atoms with Crippen LogP contribution in [0.1, 0.15) is 13.3 Å². The van der Waals surface area contributed by atoms with E-state index in [2.05, 4.69) is 15.5 Å². The first kappa shape index (κ1) is 14.8. The van der Waals surface area contributed by atoms with Crippen LogP contribution in [-0.2, 0) is 4.79 Å². The quantitative estimate of drug-likeness (QED) is 0.936. The molecule has 2 aromatic rings. The Morgan fingerprint density at radius 2 is 2.23 bits per heavy atom. The number of halogens is 2. The first-order valence-electron chi connectivity index (χ1n) is 6.89. The molecule has 1 N–H and O–H groups in total. The Kier molecular flexibility index (Phi) is 3.98. The van der Waals surface area contributed by atoms with Crippen LogP contribution in [0.25, 0.3) is 11.5 Å². The number of rotatable bonds is 4. The van der Waals surface area contributed by atoms with Gasteiger partial charge in [-0.15, -0.1) is 5.10 Å². The van der Waals surface area contributed by atoms with Gasteiger partial charge < -0.3 is 14.6 Å². The van der Waals surface area contributed by atoms with E-state index in [9.17, 15) is 9.18 Å². The maximum atomic E-state index is 13.8. The molecule has 1 fully saturated rings. The summed E-state index contributed by atoms with van der Waals surface area (Å²) in [5, 5.41) is 10.7. The highest BCUT2D eigenvalue weighted by Gasteiger charge is 2.26. The summed E-state index contributed by atoms with van der Waals surface area (Å²) in [5.74, 6) is -0.545. The van der Waals surface area contributed by atoms with Crippen LogP contribution < -0.4 is 5.32 Å². The fourth-order valence-corrected chi connectivity index (χ4v) is 2.27. The Morgan fingerprint density at radius 1 is 1.45 bits per heavy atom. The van der Waals surface area contributed by atoms with Crippen LogP contribution in [0.3, 0.4) is 0 Å². The van der Waals surface area contributed by atoms with Gasteiger partial charge in [0.2, 0.25) is 5.91 Å². The SMILES string of the molecule is C[C@@H](Nc1nnc(-c2ccc(Cl)cc2F)o1)C(=O)N1CCC1. The second kappa shape index (κ2) is 5.92. The second-order valence-corrected chi connectivity index (χ2v) is 5.52. The Hall–Kier alpha value is -2.15. The highest BCUT2D eigenvalue weighted by molar-refractivity contribution is 6.30. The van der Waals surface area contributed by atoms with Gasteiger partial charge in [0.25, 0.3) is 5.89 Å². The largest absolute Gasteiger partial charge is 0.403 e. The first-order valence-corrected chi connectivity index (χ1v) is 7.26. The molecule has 116 valence electrons. The standard InChI is InChI=1S/C14H14ClFN4O2/c1-8(13(21)20-5-2-6-20)17-14-19-18-12(22-14)10-4-3-9(15)7-11(10)16/h3-4,7-8H,2,5-6H2,1H3,(H,17,19)/t8-/m1/s1. The molecule has 8 heteroatoms. The molecule has 1 aromatic heterocycles. The van der Waals surface area contributed by atoms with Gasteiger partial charge in [-0.1, -0.05) is 16.7 Å². The molecule has 0 aliphatic carbocycles. The highest BCUT2D eigenvalue weighted by Crippen LogP contribution is 2.25. The molecule has 2 heterocycles. The average molecular weight is 325 g/mol. The smallest absolute Gasteiger partial charge is 0.316 e. The van der Waals surface area contributed by atoms with Gasteiger partial charge in [-0.2, -0.15) is 0 Å². The van der Waals surface area contributed by atoms with Gasteiger partial charge in [0, 0.05) is 18.1 Å². The van der Waals surface area contributed by atoms with Crippen molar-refractivity contribution in [1.82, 2.24) is 15.1 Å². The van der Waals surface area contributed by atoms with Gasteiger partial charge in [0.15, 0.2) is 0 Å². The number of carbonyl (C=O) groups is 1. The summed E-state index contributed by atoms with van der Waals surface area (Å²) in [6.45, 7) is 3.26. The molecular formula is C14H14ClFN4O2. The van der Waals surface area contributed by atoms with Crippen LogP contribution in [0.4, 0.5) is 10.4 Å². The van der Waals surface area contributed by atoms with E-state index in [-0.39, 0.29) is 28.4 Å².